The second kappa shape index (κ2) is 10.4. The van der Waals surface area contributed by atoms with E-state index in [0.717, 1.165) is 18.0 Å². The standard InChI is InChI=1S/C16H22N2O.C9H11NO2/c1-12-10-15(19-2)14(13-6-7-17-16(12)13)11-18-8-4-3-5-9-18;1-10(2)8-5-3-4-7(6-8)9(11)12/h6-7,10,17H,3-5,8-9,11H2,1-2H3;3-6H,1-2H3,(H,11,12). The molecule has 0 bridgehead atoms. The van der Waals surface area contributed by atoms with E-state index in [-0.39, 0.29) is 0 Å². The highest BCUT2D eigenvalue weighted by Crippen LogP contribution is 2.32. The second-order valence-electron chi connectivity index (χ2n) is 8.23. The van der Waals surface area contributed by atoms with Crippen molar-refractivity contribution in [2.45, 2.75) is 32.7 Å². The Labute approximate surface area is 184 Å². The number of benzene rings is 2. The fourth-order valence-electron chi connectivity index (χ4n) is 4.04. The maximum absolute atomic E-state index is 10.6. The van der Waals surface area contributed by atoms with Crippen molar-refractivity contribution in [1.29, 1.82) is 0 Å². The number of likely N-dealkylation sites (tertiary alicyclic amines) is 1. The van der Waals surface area contributed by atoms with Crippen LogP contribution in [0.4, 0.5) is 5.69 Å². The molecule has 1 aliphatic heterocycles. The Hall–Kier alpha value is -2.99. The van der Waals surface area contributed by atoms with E-state index in [2.05, 4.69) is 28.9 Å². The number of aromatic nitrogens is 1. The highest BCUT2D eigenvalue weighted by Gasteiger charge is 2.17. The van der Waals surface area contributed by atoms with Crippen LogP contribution in [0.1, 0.15) is 40.7 Å². The van der Waals surface area contributed by atoms with Crippen molar-refractivity contribution in [3.05, 3.63) is 59.3 Å². The number of carboxylic acids is 1. The molecule has 0 aliphatic carbocycles. The Bertz CT molecular complexity index is 1020. The number of hydrogen-bond acceptors (Lipinski definition) is 4. The summed E-state index contributed by atoms with van der Waals surface area (Å²) >= 11 is 0. The number of carbonyl (C=O) groups is 1. The van der Waals surface area contributed by atoms with Crippen LogP contribution in [0.5, 0.6) is 5.75 Å². The number of hydrogen-bond donors (Lipinski definition) is 2. The summed E-state index contributed by atoms with van der Waals surface area (Å²) < 4.78 is 5.60. The number of aryl methyl sites for hydroxylation is 1. The molecule has 0 radical (unpaired) electrons. The Kier molecular flexibility index (Phi) is 7.58. The molecule has 1 saturated heterocycles. The number of piperidine rings is 1. The Morgan fingerprint density at radius 3 is 2.55 bits per heavy atom. The van der Waals surface area contributed by atoms with Crippen molar-refractivity contribution in [3.63, 3.8) is 0 Å². The lowest BCUT2D eigenvalue weighted by molar-refractivity contribution is 0.0697. The Morgan fingerprint density at radius 2 is 1.90 bits per heavy atom. The predicted molar refractivity (Wildman–Crippen MR) is 126 cm³/mol. The number of nitrogens with one attached hydrogen (secondary N) is 1. The summed E-state index contributed by atoms with van der Waals surface area (Å²) in [6.45, 7) is 5.55. The van der Waals surface area contributed by atoms with Crippen molar-refractivity contribution in [2.24, 2.45) is 0 Å². The summed E-state index contributed by atoms with van der Waals surface area (Å²) in [5, 5.41) is 9.98. The molecule has 0 atom stereocenters. The quantitative estimate of drug-likeness (QED) is 0.610. The van der Waals surface area contributed by atoms with E-state index in [9.17, 15) is 4.79 Å². The maximum atomic E-state index is 10.6. The van der Waals surface area contributed by atoms with Crippen molar-refractivity contribution in [3.8, 4) is 5.75 Å². The molecule has 2 heterocycles. The molecule has 4 rings (SSSR count). The molecule has 0 saturated carbocycles. The van der Waals surface area contributed by atoms with Gasteiger partial charge < -0.3 is 19.7 Å². The first-order valence-electron chi connectivity index (χ1n) is 10.8. The molecule has 166 valence electrons. The summed E-state index contributed by atoms with van der Waals surface area (Å²) in [6.07, 6.45) is 6.05. The minimum Gasteiger partial charge on any atom is -0.496 e. The Morgan fingerprint density at radius 1 is 1.16 bits per heavy atom. The van der Waals surface area contributed by atoms with Gasteiger partial charge in [0.25, 0.3) is 0 Å². The van der Waals surface area contributed by atoms with Gasteiger partial charge in [-0.1, -0.05) is 12.5 Å². The van der Waals surface area contributed by atoms with Gasteiger partial charge in [-0.15, -0.1) is 0 Å². The normalized spacial score (nSPS) is 14.1. The number of ether oxygens (including phenoxy) is 1. The molecule has 0 unspecified atom stereocenters. The number of rotatable bonds is 5. The number of nitrogens with zero attached hydrogens (tertiary/aromatic N) is 2. The minimum atomic E-state index is -0.890. The third-order valence-electron chi connectivity index (χ3n) is 5.77. The fourth-order valence-corrected chi connectivity index (χ4v) is 4.04. The number of aromatic amines is 1. The smallest absolute Gasteiger partial charge is 0.335 e. The van der Waals surface area contributed by atoms with E-state index in [4.69, 9.17) is 9.84 Å². The van der Waals surface area contributed by atoms with Crippen LogP contribution in [0.3, 0.4) is 0 Å². The molecule has 1 aromatic heterocycles. The topological polar surface area (TPSA) is 68.8 Å². The molecule has 0 spiro atoms. The molecule has 2 aromatic carbocycles. The lowest BCUT2D eigenvalue weighted by atomic mass is 10.0. The van der Waals surface area contributed by atoms with Gasteiger partial charge in [0, 0.05) is 49.0 Å². The minimum absolute atomic E-state index is 0.321. The number of carboxylic acid groups (broad SMARTS) is 1. The molecule has 6 nitrogen and oxygen atoms in total. The van der Waals surface area contributed by atoms with E-state index in [0.29, 0.717) is 5.56 Å². The summed E-state index contributed by atoms with van der Waals surface area (Å²) in [6, 6.07) is 11.1. The van der Waals surface area contributed by atoms with Gasteiger partial charge in [-0.3, -0.25) is 4.90 Å². The van der Waals surface area contributed by atoms with Gasteiger partial charge in [0.05, 0.1) is 12.7 Å². The molecule has 31 heavy (non-hydrogen) atoms. The van der Waals surface area contributed by atoms with E-state index in [1.165, 1.54) is 54.4 Å². The number of anilines is 1. The first-order chi connectivity index (χ1) is 14.9. The van der Waals surface area contributed by atoms with E-state index in [1.807, 2.05) is 31.3 Å². The lowest BCUT2D eigenvalue weighted by Crippen LogP contribution is -2.29. The SMILES string of the molecule is CN(C)c1cccc(C(=O)O)c1.COc1cc(C)c2[nH]ccc2c1CN1CCCCC1. The van der Waals surface area contributed by atoms with Crippen LogP contribution in [0, 0.1) is 6.92 Å². The fraction of sp³-hybridized carbons (Fsp3) is 0.400. The molecule has 1 aliphatic rings. The zero-order valence-corrected chi connectivity index (χ0v) is 18.9. The monoisotopic (exact) mass is 423 g/mol. The van der Waals surface area contributed by atoms with Gasteiger partial charge in [0.15, 0.2) is 0 Å². The first-order valence-corrected chi connectivity index (χ1v) is 10.8. The Balaban J connectivity index is 0.000000196. The average Bonchev–Trinajstić information content (AvgIpc) is 3.27. The van der Waals surface area contributed by atoms with Crippen LogP contribution in [-0.2, 0) is 6.54 Å². The van der Waals surface area contributed by atoms with Crippen molar-refractivity contribution in [1.82, 2.24) is 9.88 Å². The summed E-state index contributed by atoms with van der Waals surface area (Å²) in [7, 11) is 5.52. The number of fused-ring (bicyclic) bond motifs is 1. The van der Waals surface area contributed by atoms with Gasteiger partial charge in [0.2, 0.25) is 0 Å². The van der Waals surface area contributed by atoms with Gasteiger partial charge in [-0.05, 0) is 68.8 Å². The van der Waals surface area contributed by atoms with Gasteiger partial charge in [0.1, 0.15) is 5.75 Å². The van der Waals surface area contributed by atoms with E-state index in [1.54, 1.807) is 25.3 Å². The highest BCUT2D eigenvalue weighted by molar-refractivity contribution is 5.89. The van der Waals surface area contributed by atoms with Gasteiger partial charge in [-0.25, -0.2) is 4.79 Å². The third kappa shape index (κ3) is 5.58. The maximum Gasteiger partial charge on any atom is 0.335 e. The average molecular weight is 424 g/mol. The first kappa shape index (κ1) is 22.7. The molecule has 1 fully saturated rings. The molecular formula is C25H33N3O3. The summed E-state index contributed by atoms with van der Waals surface area (Å²) in [5.74, 6) is 0.133. The van der Waals surface area contributed by atoms with Crippen LogP contribution in [0.2, 0.25) is 0 Å². The predicted octanol–water partition coefficient (Wildman–Crippen LogP) is 4.92. The molecule has 6 heteroatoms. The van der Waals surface area contributed by atoms with E-state index >= 15 is 0 Å². The summed E-state index contributed by atoms with van der Waals surface area (Å²) in [4.78, 5) is 18.3. The molecule has 2 N–H and O–H groups in total. The third-order valence-corrected chi connectivity index (χ3v) is 5.77. The van der Waals surface area contributed by atoms with Crippen LogP contribution < -0.4 is 9.64 Å². The number of H-pyrrole nitrogens is 1. The largest absolute Gasteiger partial charge is 0.496 e. The lowest BCUT2D eigenvalue weighted by Gasteiger charge is -2.27. The molecular weight excluding hydrogens is 390 g/mol. The van der Waals surface area contributed by atoms with Crippen molar-refractivity contribution >= 4 is 22.6 Å². The zero-order chi connectivity index (χ0) is 22.4. The number of methoxy groups -OCH3 is 1. The van der Waals surface area contributed by atoms with Gasteiger partial charge >= 0.3 is 5.97 Å². The van der Waals surface area contributed by atoms with Crippen LogP contribution in [0.25, 0.3) is 10.9 Å². The molecule has 0 amide bonds. The van der Waals surface area contributed by atoms with Crippen LogP contribution >= 0.6 is 0 Å². The van der Waals surface area contributed by atoms with Crippen molar-refractivity contribution < 1.29 is 14.6 Å². The number of aromatic carboxylic acids is 1. The van der Waals surface area contributed by atoms with E-state index < -0.39 is 5.97 Å². The van der Waals surface area contributed by atoms with Crippen LogP contribution in [-0.4, -0.2) is 55.3 Å². The van der Waals surface area contributed by atoms with Crippen molar-refractivity contribution in [2.75, 3.05) is 39.2 Å². The second-order valence-corrected chi connectivity index (χ2v) is 8.23. The molecule has 3 aromatic rings. The van der Waals surface area contributed by atoms with Gasteiger partial charge in [-0.2, -0.15) is 0 Å². The van der Waals surface area contributed by atoms with Crippen LogP contribution in [0.15, 0.2) is 42.6 Å². The summed E-state index contributed by atoms with van der Waals surface area (Å²) in [5.41, 5.74) is 5.04. The zero-order valence-electron chi connectivity index (χ0n) is 18.9. The highest BCUT2D eigenvalue weighted by atomic mass is 16.5.